The molecule has 6 nitrogen and oxygen atoms in total. The molecule has 0 saturated carbocycles. The zero-order valence-corrected chi connectivity index (χ0v) is 12.9. The van der Waals surface area contributed by atoms with E-state index in [4.69, 9.17) is 4.74 Å². The molecule has 2 aromatic rings. The number of hydrogen-bond acceptors (Lipinski definition) is 4. The standard InChI is InChI=1S/C17H17N3O3/c1-12(21)19-15-10-14(6-7-16(15)23-2)20-17(22)8-5-13-4-3-9-18-11-13/h3-11H,1-2H3,(H,19,21)(H,20,22)/b8-5+. The van der Waals surface area contributed by atoms with E-state index < -0.39 is 0 Å². The summed E-state index contributed by atoms with van der Waals surface area (Å²) in [4.78, 5) is 27.1. The van der Waals surface area contributed by atoms with Gasteiger partial charge in [0.1, 0.15) is 5.75 Å². The Morgan fingerprint density at radius 2 is 2.04 bits per heavy atom. The van der Waals surface area contributed by atoms with Gasteiger partial charge < -0.3 is 15.4 Å². The van der Waals surface area contributed by atoms with Crippen LogP contribution in [0.4, 0.5) is 11.4 Å². The Morgan fingerprint density at radius 3 is 2.70 bits per heavy atom. The van der Waals surface area contributed by atoms with Crippen LogP contribution in [-0.2, 0) is 9.59 Å². The lowest BCUT2D eigenvalue weighted by Crippen LogP contribution is -2.10. The molecule has 0 unspecified atom stereocenters. The zero-order valence-electron chi connectivity index (χ0n) is 12.9. The Bertz CT molecular complexity index is 727. The lowest BCUT2D eigenvalue weighted by molar-refractivity contribution is -0.114. The highest BCUT2D eigenvalue weighted by atomic mass is 16.5. The van der Waals surface area contributed by atoms with E-state index in [1.54, 1.807) is 42.7 Å². The van der Waals surface area contributed by atoms with Crippen molar-refractivity contribution < 1.29 is 14.3 Å². The minimum Gasteiger partial charge on any atom is -0.495 e. The van der Waals surface area contributed by atoms with Gasteiger partial charge in [-0.2, -0.15) is 0 Å². The molecule has 0 aliphatic heterocycles. The molecule has 1 aromatic heterocycles. The SMILES string of the molecule is COc1ccc(NC(=O)/C=C/c2cccnc2)cc1NC(C)=O. The molecule has 2 N–H and O–H groups in total. The van der Waals surface area contributed by atoms with Crippen LogP contribution in [0.5, 0.6) is 5.75 Å². The van der Waals surface area contributed by atoms with E-state index in [0.29, 0.717) is 17.1 Å². The van der Waals surface area contributed by atoms with Crippen molar-refractivity contribution in [3.63, 3.8) is 0 Å². The van der Waals surface area contributed by atoms with E-state index in [9.17, 15) is 9.59 Å². The molecule has 0 aliphatic carbocycles. The van der Waals surface area contributed by atoms with E-state index in [1.165, 1.54) is 20.1 Å². The molecule has 0 spiro atoms. The minimum atomic E-state index is -0.284. The molecular formula is C17H17N3O3. The second kappa shape index (κ2) is 7.74. The van der Waals surface area contributed by atoms with Crippen molar-refractivity contribution in [3.8, 4) is 5.75 Å². The van der Waals surface area contributed by atoms with Crippen LogP contribution in [0.25, 0.3) is 6.08 Å². The van der Waals surface area contributed by atoms with Gasteiger partial charge in [0.25, 0.3) is 0 Å². The fraction of sp³-hybridized carbons (Fsp3) is 0.118. The second-order valence-electron chi connectivity index (χ2n) is 4.71. The summed E-state index contributed by atoms with van der Waals surface area (Å²) in [6, 6.07) is 8.64. The topological polar surface area (TPSA) is 80.3 Å². The van der Waals surface area contributed by atoms with Crippen LogP contribution >= 0.6 is 0 Å². The smallest absolute Gasteiger partial charge is 0.248 e. The summed E-state index contributed by atoms with van der Waals surface area (Å²) in [6.07, 6.45) is 6.41. The first-order valence-corrected chi connectivity index (χ1v) is 6.93. The number of anilines is 2. The van der Waals surface area contributed by atoms with Crippen molar-refractivity contribution in [1.82, 2.24) is 4.98 Å². The first-order valence-electron chi connectivity index (χ1n) is 6.93. The molecule has 0 saturated heterocycles. The molecule has 2 amide bonds. The number of carbonyl (C=O) groups is 2. The molecule has 0 bridgehead atoms. The normalized spacial score (nSPS) is 10.3. The highest BCUT2D eigenvalue weighted by molar-refractivity contribution is 6.02. The maximum absolute atomic E-state index is 11.9. The van der Waals surface area contributed by atoms with Gasteiger partial charge in [0.15, 0.2) is 0 Å². The van der Waals surface area contributed by atoms with Crippen molar-refractivity contribution in [1.29, 1.82) is 0 Å². The Balaban J connectivity index is 2.08. The monoisotopic (exact) mass is 311 g/mol. The number of nitrogens with zero attached hydrogens (tertiary/aromatic N) is 1. The van der Waals surface area contributed by atoms with Crippen LogP contribution in [0, 0.1) is 0 Å². The van der Waals surface area contributed by atoms with Crippen molar-refractivity contribution in [2.75, 3.05) is 17.7 Å². The zero-order chi connectivity index (χ0) is 16.7. The van der Waals surface area contributed by atoms with Crippen molar-refractivity contribution >= 4 is 29.3 Å². The largest absolute Gasteiger partial charge is 0.495 e. The molecule has 0 radical (unpaired) electrons. The van der Waals surface area contributed by atoms with Crippen molar-refractivity contribution in [2.45, 2.75) is 6.92 Å². The van der Waals surface area contributed by atoms with Crippen molar-refractivity contribution in [2.24, 2.45) is 0 Å². The molecule has 1 heterocycles. The van der Waals surface area contributed by atoms with E-state index in [2.05, 4.69) is 15.6 Å². The minimum absolute atomic E-state index is 0.219. The molecule has 0 fully saturated rings. The molecule has 6 heteroatoms. The number of rotatable bonds is 5. The molecule has 118 valence electrons. The van der Waals surface area contributed by atoms with Gasteiger partial charge in [-0.05, 0) is 35.9 Å². The van der Waals surface area contributed by atoms with Crippen molar-refractivity contribution in [3.05, 3.63) is 54.4 Å². The molecular weight excluding hydrogens is 294 g/mol. The average Bonchev–Trinajstić information content (AvgIpc) is 2.54. The van der Waals surface area contributed by atoms with Crippen LogP contribution < -0.4 is 15.4 Å². The quantitative estimate of drug-likeness (QED) is 0.832. The molecule has 2 rings (SSSR count). The summed E-state index contributed by atoms with van der Waals surface area (Å²) in [6.45, 7) is 1.40. The molecule has 1 aromatic carbocycles. The van der Waals surface area contributed by atoms with Crippen LogP contribution in [0.15, 0.2) is 48.8 Å². The van der Waals surface area contributed by atoms with Gasteiger partial charge in [-0.1, -0.05) is 6.07 Å². The predicted octanol–water partition coefficient (Wildman–Crippen LogP) is 2.70. The maximum atomic E-state index is 11.9. The van der Waals surface area contributed by atoms with E-state index >= 15 is 0 Å². The van der Waals surface area contributed by atoms with Crippen LogP contribution in [0.3, 0.4) is 0 Å². The summed E-state index contributed by atoms with van der Waals surface area (Å²) < 4.78 is 5.16. The fourth-order valence-corrected chi connectivity index (χ4v) is 1.90. The maximum Gasteiger partial charge on any atom is 0.248 e. The number of hydrogen-bond donors (Lipinski definition) is 2. The molecule has 23 heavy (non-hydrogen) atoms. The van der Waals surface area contributed by atoms with Crippen LogP contribution in [-0.4, -0.2) is 23.9 Å². The van der Waals surface area contributed by atoms with Gasteiger partial charge in [-0.3, -0.25) is 14.6 Å². The Hall–Kier alpha value is -3.15. The third-order valence-corrected chi connectivity index (χ3v) is 2.89. The summed E-state index contributed by atoms with van der Waals surface area (Å²) in [7, 11) is 1.51. The van der Waals surface area contributed by atoms with Crippen LogP contribution in [0.2, 0.25) is 0 Å². The Kier molecular flexibility index (Phi) is 5.46. The van der Waals surface area contributed by atoms with E-state index in [0.717, 1.165) is 5.56 Å². The summed E-state index contributed by atoms with van der Waals surface area (Å²) in [5.74, 6) is 0.0140. The third-order valence-electron chi connectivity index (χ3n) is 2.89. The van der Waals surface area contributed by atoms with Gasteiger partial charge in [-0.15, -0.1) is 0 Å². The Labute approximate surface area is 134 Å². The number of benzene rings is 1. The van der Waals surface area contributed by atoms with Gasteiger partial charge >= 0.3 is 0 Å². The highest BCUT2D eigenvalue weighted by Crippen LogP contribution is 2.27. The number of carbonyl (C=O) groups excluding carboxylic acids is 2. The summed E-state index contributed by atoms with van der Waals surface area (Å²) >= 11 is 0. The number of pyridine rings is 1. The highest BCUT2D eigenvalue weighted by Gasteiger charge is 2.07. The molecule has 0 aliphatic rings. The first kappa shape index (κ1) is 16.2. The van der Waals surface area contributed by atoms with E-state index in [1.807, 2.05) is 6.07 Å². The number of aromatic nitrogens is 1. The molecule has 0 atom stereocenters. The van der Waals surface area contributed by atoms with Gasteiger partial charge in [0, 0.05) is 31.1 Å². The predicted molar refractivity (Wildman–Crippen MR) is 89.2 cm³/mol. The summed E-state index contributed by atoms with van der Waals surface area (Å²) in [5.41, 5.74) is 1.88. The second-order valence-corrected chi connectivity index (χ2v) is 4.71. The lowest BCUT2D eigenvalue weighted by Gasteiger charge is -2.11. The Morgan fingerprint density at radius 1 is 1.22 bits per heavy atom. The van der Waals surface area contributed by atoms with Crippen LogP contribution in [0.1, 0.15) is 12.5 Å². The number of ether oxygens (including phenoxy) is 1. The summed E-state index contributed by atoms with van der Waals surface area (Å²) in [5, 5.41) is 5.38. The number of amides is 2. The number of nitrogens with one attached hydrogen (secondary N) is 2. The fourth-order valence-electron chi connectivity index (χ4n) is 1.90. The first-order chi connectivity index (χ1) is 11.1. The van der Waals surface area contributed by atoms with Gasteiger partial charge in [0.05, 0.1) is 12.8 Å². The lowest BCUT2D eigenvalue weighted by atomic mass is 10.2. The van der Waals surface area contributed by atoms with Gasteiger partial charge in [-0.25, -0.2) is 0 Å². The number of methoxy groups -OCH3 is 1. The third kappa shape index (κ3) is 4.96. The van der Waals surface area contributed by atoms with E-state index in [-0.39, 0.29) is 11.8 Å². The van der Waals surface area contributed by atoms with Gasteiger partial charge in [0.2, 0.25) is 11.8 Å². The average molecular weight is 311 g/mol.